The third-order valence-corrected chi connectivity index (χ3v) is 5.63. The molecular weight excluding hydrogens is 430 g/mol. The predicted octanol–water partition coefficient (Wildman–Crippen LogP) is 1.33. The first-order chi connectivity index (χ1) is 15.8. The number of fused-ring (bicyclic) bond motifs is 6. The fourth-order valence-corrected chi connectivity index (χ4v) is 3.80. The van der Waals surface area contributed by atoms with E-state index in [1.165, 1.54) is 24.3 Å². The van der Waals surface area contributed by atoms with Crippen molar-refractivity contribution in [2.24, 2.45) is 5.73 Å². The van der Waals surface area contributed by atoms with Gasteiger partial charge in [0.05, 0.1) is 30.9 Å². The summed E-state index contributed by atoms with van der Waals surface area (Å²) in [6.45, 7) is -1.21. The molecule has 0 unspecified atom stereocenters. The van der Waals surface area contributed by atoms with Crippen LogP contribution in [0.1, 0.15) is 27.0 Å². The van der Waals surface area contributed by atoms with Crippen LogP contribution in [0, 0.1) is 0 Å². The van der Waals surface area contributed by atoms with Gasteiger partial charge in [-0.25, -0.2) is 4.79 Å². The molecule has 3 aromatic carbocycles. The zero-order valence-corrected chi connectivity index (χ0v) is 17.4. The van der Waals surface area contributed by atoms with Crippen LogP contribution in [0.2, 0.25) is 0 Å². The Labute approximate surface area is 188 Å². The average Bonchev–Trinajstić information content (AvgIpc) is 3.11. The molecule has 0 atom stereocenters. The molecule has 5 rings (SSSR count). The topological polar surface area (TPSA) is 163 Å². The van der Waals surface area contributed by atoms with Crippen molar-refractivity contribution in [2.75, 3.05) is 19.8 Å². The first-order valence-corrected chi connectivity index (χ1v) is 10.1. The zero-order valence-electron chi connectivity index (χ0n) is 17.4. The molecule has 7 N–H and O–H groups in total. The maximum atomic E-state index is 12.5. The van der Waals surface area contributed by atoms with Crippen LogP contribution in [-0.4, -0.2) is 56.9 Å². The number of hydrogen-bond acceptors (Lipinski definition) is 9. The van der Waals surface area contributed by atoms with Crippen molar-refractivity contribution in [3.8, 4) is 23.0 Å². The number of aliphatic hydroxyl groups is 3. The third kappa shape index (κ3) is 3.66. The summed E-state index contributed by atoms with van der Waals surface area (Å²) in [5, 5.41) is 44.7. The van der Waals surface area contributed by atoms with E-state index >= 15 is 0 Å². The summed E-state index contributed by atoms with van der Waals surface area (Å²) in [4.78, 5) is 12.5. The summed E-state index contributed by atoms with van der Waals surface area (Å²) in [6.07, 6.45) is 0. The van der Waals surface area contributed by atoms with Crippen LogP contribution in [0.4, 0.5) is 0 Å². The number of nitrogens with two attached hydrogens (primary N) is 1. The molecule has 3 aromatic rings. The number of phenolic OH excluding ortho intramolecular Hbond substituents is 2. The second kappa shape index (κ2) is 8.38. The van der Waals surface area contributed by atoms with E-state index in [0.717, 1.165) is 0 Å². The molecule has 0 saturated heterocycles. The number of esters is 1. The lowest BCUT2D eigenvalue weighted by Crippen LogP contribution is -2.50. The fraction of sp³-hybridized carbons (Fsp3) is 0.208. The van der Waals surface area contributed by atoms with Gasteiger partial charge in [-0.3, -0.25) is 0 Å². The van der Waals surface area contributed by atoms with Gasteiger partial charge in [-0.2, -0.15) is 0 Å². The number of benzene rings is 3. The van der Waals surface area contributed by atoms with E-state index in [2.05, 4.69) is 0 Å². The summed E-state index contributed by atoms with van der Waals surface area (Å²) < 4.78 is 11.8. The van der Waals surface area contributed by atoms with Crippen molar-refractivity contribution in [2.45, 2.75) is 11.1 Å². The number of ether oxygens (including phenoxy) is 2. The number of carbonyl (C=O) groups is 1. The van der Waals surface area contributed by atoms with E-state index in [-0.39, 0.29) is 11.5 Å². The number of rotatable bonds is 3. The van der Waals surface area contributed by atoms with E-state index in [9.17, 15) is 15.0 Å². The zero-order chi connectivity index (χ0) is 23.8. The first-order valence-electron chi connectivity index (χ1n) is 10.1. The Morgan fingerprint density at radius 1 is 0.788 bits per heavy atom. The molecular formula is C24H23NO8. The summed E-state index contributed by atoms with van der Waals surface area (Å²) in [5.74, 6) is 0.408. The molecule has 0 aromatic heterocycles. The van der Waals surface area contributed by atoms with E-state index in [1.54, 1.807) is 24.3 Å². The Morgan fingerprint density at radius 2 is 1.30 bits per heavy atom. The molecule has 0 bridgehead atoms. The van der Waals surface area contributed by atoms with Crippen LogP contribution in [0.15, 0.2) is 60.7 Å². The van der Waals surface area contributed by atoms with Crippen LogP contribution >= 0.6 is 0 Å². The van der Waals surface area contributed by atoms with Crippen molar-refractivity contribution < 1.29 is 39.8 Å². The molecule has 0 saturated carbocycles. The highest BCUT2D eigenvalue weighted by Gasteiger charge is 2.53. The lowest BCUT2D eigenvalue weighted by atomic mass is 9.77. The average molecular weight is 453 g/mol. The molecule has 9 nitrogen and oxygen atoms in total. The standard InChI is InChI=1S/C20H12O5.C4H11NO3/c21-11-5-7-15-17(9-11)24-18-10-12(22)6-8-16(18)20(15)14-4-2-1-3-13(14)19(23)25-20;5-4(1-6,2-7)3-8/h1-10,21-22H;6-8H,1-3,5H2. The molecule has 0 radical (unpaired) electrons. The Kier molecular flexibility index (Phi) is 5.73. The minimum atomic E-state index is -1.21. The maximum Gasteiger partial charge on any atom is 0.340 e. The van der Waals surface area contributed by atoms with Gasteiger partial charge in [0, 0.05) is 28.8 Å². The van der Waals surface area contributed by atoms with Crippen LogP contribution < -0.4 is 10.5 Å². The van der Waals surface area contributed by atoms with Gasteiger partial charge in [0.1, 0.15) is 23.0 Å². The predicted molar refractivity (Wildman–Crippen MR) is 116 cm³/mol. The van der Waals surface area contributed by atoms with E-state index in [4.69, 9.17) is 30.5 Å². The van der Waals surface area contributed by atoms with Gasteiger partial charge in [0.2, 0.25) is 0 Å². The number of aromatic hydroxyl groups is 2. The van der Waals surface area contributed by atoms with Gasteiger partial charge in [0.25, 0.3) is 0 Å². The smallest absolute Gasteiger partial charge is 0.340 e. The van der Waals surface area contributed by atoms with Crippen LogP contribution in [0.5, 0.6) is 23.0 Å². The van der Waals surface area contributed by atoms with Crippen molar-refractivity contribution in [3.63, 3.8) is 0 Å². The fourth-order valence-electron chi connectivity index (χ4n) is 3.80. The number of phenols is 2. The van der Waals surface area contributed by atoms with Gasteiger partial charge in [-0.1, -0.05) is 18.2 Å². The Morgan fingerprint density at radius 3 is 1.79 bits per heavy atom. The van der Waals surface area contributed by atoms with Gasteiger partial charge in [-0.05, 0) is 30.3 Å². The van der Waals surface area contributed by atoms with Gasteiger partial charge < -0.3 is 40.7 Å². The highest BCUT2D eigenvalue weighted by Crippen LogP contribution is 2.56. The summed E-state index contributed by atoms with van der Waals surface area (Å²) >= 11 is 0. The molecule has 172 valence electrons. The second-order valence-electron chi connectivity index (χ2n) is 7.92. The van der Waals surface area contributed by atoms with Gasteiger partial charge in [-0.15, -0.1) is 0 Å². The largest absolute Gasteiger partial charge is 0.508 e. The lowest BCUT2D eigenvalue weighted by Gasteiger charge is -2.36. The molecule has 0 aliphatic carbocycles. The Hall–Kier alpha value is -3.63. The highest BCUT2D eigenvalue weighted by molar-refractivity contribution is 5.97. The lowest BCUT2D eigenvalue weighted by molar-refractivity contribution is 0.0224. The SMILES string of the molecule is NC(CO)(CO)CO.O=C1OC2(c3ccc(O)cc3Oc3cc(O)ccc32)c2ccccc21. The van der Waals surface area contributed by atoms with Crippen molar-refractivity contribution in [1.82, 2.24) is 0 Å². The minimum absolute atomic E-state index is 0.0371. The van der Waals surface area contributed by atoms with Crippen molar-refractivity contribution in [1.29, 1.82) is 0 Å². The van der Waals surface area contributed by atoms with Crippen molar-refractivity contribution in [3.05, 3.63) is 82.9 Å². The van der Waals surface area contributed by atoms with E-state index in [1.807, 2.05) is 12.1 Å². The van der Waals surface area contributed by atoms with E-state index < -0.39 is 36.9 Å². The molecule has 1 spiro atoms. The molecule has 0 fully saturated rings. The van der Waals surface area contributed by atoms with E-state index in [0.29, 0.717) is 33.8 Å². The summed E-state index contributed by atoms with van der Waals surface area (Å²) in [6, 6.07) is 16.6. The highest BCUT2D eigenvalue weighted by atomic mass is 16.6. The number of carbonyl (C=O) groups excluding carboxylic acids is 1. The Bertz CT molecular complexity index is 1150. The monoisotopic (exact) mass is 453 g/mol. The van der Waals surface area contributed by atoms with Gasteiger partial charge >= 0.3 is 5.97 Å². The first kappa shape index (κ1) is 22.6. The third-order valence-electron chi connectivity index (χ3n) is 5.63. The molecule has 33 heavy (non-hydrogen) atoms. The second-order valence-corrected chi connectivity index (χ2v) is 7.92. The summed E-state index contributed by atoms with van der Waals surface area (Å²) in [7, 11) is 0. The van der Waals surface area contributed by atoms with Crippen LogP contribution in [0.3, 0.4) is 0 Å². The molecule has 2 aliphatic rings. The molecule has 9 heteroatoms. The summed E-state index contributed by atoms with van der Waals surface area (Å²) in [5.41, 5.74) is 5.22. The van der Waals surface area contributed by atoms with Gasteiger partial charge in [0.15, 0.2) is 5.60 Å². The molecule has 0 amide bonds. The maximum absolute atomic E-state index is 12.5. The Balaban J connectivity index is 0.000000281. The molecule has 2 heterocycles. The van der Waals surface area contributed by atoms with Crippen LogP contribution in [-0.2, 0) is 10.3 Å². The quantitative estimate of drug-likeness (QED) is 0.321. The normalized spacial score (nSPS) is 14.8. The van der Waals surface area contributed by atoms with Crippen molar-refractivity contribution >= 4 is 5.97 Å². The molecule has 2 aliphatic heterocycles. The number of hydrogen-bond donors (Lipinski definition) is 6. The number of aliphatic hydroxyl groups excluding tert-OH is 3. The minimum Gasteiger partial charge on any atom is -0.508 e. The van der Waals surface area contributed by atoms with Crippen LogP contribution in [0.25, 0.3) is 0 Å².